The van der Waals surface area contributed by atoms with Gasteiger partial charge in [-0.1, -0.05) is 12.1 Å². The molecule has 0 fully saturated rings. The van der Waals surface area contributed by atoms with Gasteiger partial charge in [-0.2, -0.15) is 0 Å². The van der Waals surface area contributed by atoms with E-state index < -0.39 is 17.3 Å². The van der Waals surface area contributed by atoms with Crippen molar-refractivity contribution in [2.75, 3.05) is 14.1 Å². The fourth-order valence-electron chi connectivity index (χ4n) is 2.58. The summed E-state index contributed by atoms with van der Waals surface area (Å²) in [5.74, 6) is -2.22. The standard InChI is InChI=1S/C17H16F2N4O2/c1-21(2)14(24)9-23-13-7-10(8-20-16(13)22(3)17(23)25)11-5-4-6-12(18)15(11)19/h4-8H,9H2,1-3H3. The Morgan fingerprint density at radius 2 is 2.00 bits per heavy atom. The van der Waals surface area contributed by atoms with Crippen LogP contribution in [0.25, 0.3) is 22.3 Å². The van der Waals surface area contributed by atoms with E-state index in [0.29, 0.717) is 16.7 Å². The van der Waals surface area contributed by atoms with E-state index in [-0.39, 0.29) is 18.0 Å². The van der Waals surface area contributed by atoms with Crippen LogP contribution in [0.15, 0.2) is 35.3 Å². The van der Waals surface area contributed by atoms with E-state index >= 15 is 0 Å². The third-order valence-electron chi connectivity index (χ3n) is 4.03. The molecule has 1 amide bonds. The number of aromatic nitrogens is 3. The fraction of sp³-hybridized carbons (Fsp3) is 0.235. The van der Waals surface area contributed by atoms with Gasteiger partial charge in [0, 0.05) is 38.5 Å². The Morgan fingerprint density at radius 1 is 1.28 bits per heavy atom. The molecular formula is C17H16F2N4O2. The quantitative estimate of drug-likeness (QED) is 0.726. The van der Waals surface area contributed by atoms with Crippen molar-refractivity contribution in [3.63, 3.8) is 0 Å². The zero-order valence-electron chi connectivity index (χ0n) is 14.0. The van der Waals surface area contributed by atoms with Crippen LogP contribution >= 0.6 is 0 Å². The average molecular weight is 346 g/mol. The molecule has 0 atom stereocenters. The molecule has 0 aliphatic carbocycles. The second-order valence-electron chi connectivity index (χ2n) is 5.88. The Kier molecular flexibility index (Phi) is 4.12. The summed E-state index contributed by atoms with van der Waals surface area (Å²) < 4.78 is 30.1. The van der Waals surface area contributed by atoms with Crippen molar-refractivity contribution in [3.05, 3.63) is 52.6 Å². The number of hydrogen-bond donors (Lipinski definition) is 0. The fourth-order valence-corrected chi connectivity index (χ4v) is 2.58. The van der Waals surface area contributed by atoms with Gasteiger partial charge < -0.3 is 4.90 Å². The first kappa shape index (κ1) is 16.8. The molecule has 0 bridgehead atoms. The van der Waals surface area contributed by atoms with Crippen LogP contribution < -0.4 is 5.69 Å². The zero-order chi connectivity index (χ0) is 18.3. The van der Waals surface area contributed by atoms with Gasteiger partial charge in [-0.3, -0.25) is 13.9 Å². The molecule has 6 nitrogen and oxygen atoms in total. The highest BCUT2D eigenvalue weighted by molar-refractivity contribution is 5.82. The lowest BCUT2D eigenvalue weighted by Gasteiger charge is -2.11. The number of benzene rings is 1. The topological polar surface area (TPSA) is 60.1 Å². The molecule has 0 aliphatic heterocycles. The number of halogens is 2. The van der Waals surface area contributed by atoms with Crippen molar-refractivity contribution in [2.45, 2.75) is 6.54 Å². The number of hydrogen-bond acceptors (Lipinski definition) is 3. The normalized spacial score (nSPS) is 11.1. The number of nitrogens with zero attached hydrogens (tertiary/aromatic N) is 4. The molecular weight excluding hydrogens is 330 g/mol. The number of amides is 1. The molecule has 3 rings (SSSR count). The van der Waals surface area contributed by atoms with E-state index in [1.807, 2.05) is 0 Å². The maximum absolute atomic E-state index is 14.1. The van der Waals surface area contributed by atoms with Crippen LogP contribution in [0.2, 0.25) is 0 Å². The highest BCUT2D eigenvalue weighted by Crippen LogP contribution is 2.26. The second kappa shape index (κ2) is 6.12. The van der Waals surface area contributed by atoms with Crippen molar-refractivity contribution in [1.29, 1.82) is 0 Å². The predicted molar refractivity (Wildman–Crippen MR) is 89.0 cm³/mol. The molecule has 0 saturated carbocycles. The summed E-state index contributed by atoms with van der Waals surface area (Å²) in [4.78, 5) is 30.0. The number of likely N-dealkylation sites (N-methyl/N-ethyl adjacent to an activating group) is 1. The lowest BCUT2D eigenvalue weighted by molar-refractivity contribution is -0.129. The molecule has 0 saturated heterocycles. The van der Waals surface area contributed by atoms with E-state index in [1.165, 1.54) is 45.5 Å². The van der Waals surface area contributed by atoms with Gasteiger partial charge in [0.25, 0.3) is 0 Å². The first-order chi connectivity index (χ1) is 11.8. The van der Waals surface area contributed by atoms with Gasteiger partial charge in [0.2, 0.25) is 5.91 Å². The Labute approximate surface area is 141 Å². The number of pyridine rings is 1. The third-order valence-corrected chi connectivity index (χ3v) is 4.03. The summed E-state index contributed by atoms with van der Waals surface area (Å²) >= 11 is 0. The molecule has 8 heteroatoms. The average Bonchev–Trinajstić information content (AvgIpc) is 2.81. The first-order valence-electron chi connectivity index (χ1n) is 7.51. The summed E-state index contributed by atoms with van der Waals surface area (Å²) in [6.07, 6.45) is 1.37. The summed E-state index contributed by atoms with van der Waals surface area (Å²) in [5, 5.41) is 0. The van der Waals surface area contributed by atoms with Gasteiger partial charge in [-0.15, -0.1) is 0 Å². The van der Waals surface area contributed by atoms with Gasteiger partial charge in [0.05, 0.1) is 5.52 Å². The van der Waals surface area contributed by atoms with Crippen molar-refractivity contribution in [1.82, 2.24) is 19.0 Å². The second-order valence-corrected chi connectivity index (χ2v) is 5.88. The first-order valence-corrected chi connectivity index (χ1v) is 7.51. The Balaban J connectivity index is 2.21. The van der Waals surface area contributed by atoms with Crippen molar-refractivity contribution in [3.8, 4) is 11.1 Å². The van der Waals surface area contributed by atoms with E-state index in [1.54, 1.807) is 14.1 Å². The maximum atomic E-state index is 14.1. The van der Waals surface area contributed by atoms with Crippen LogP contribution in [0.5, 0.6) is 0 Å². The molecule has 2 aromatic heterocycles. The van der Waals surface area contributed by atoms with Crippen LogP contribution in [0.4, 0.5) is 8.78 Å². The molecule has 1 aromatic carbocycles. The van der Waals surface area contributed by atoms with E-state index in [4.69, 9.17) is 0 Å². The van der Waals surface area contributed by atoms with E-state index in [9.17, 15) is 18.4 Å². The molecule has 0 radical (unpaired) electrons. The van der Waals surface area contributed by atoms with Gasteiger partial charge in [-0.05, 0) is 12.1 Å². The molecule has 25 heavy (non-hydrogen) atoms. The Bertz CT molecular complexity index is 1040. The number of imidazole rings is 1. The van der Waals surface area contributed by atoms with Crippen LogP contribution in [0.3, 0.4) is 0 Å². The molecule has 0 aliphatic rings. The number of aryl methyl sites for hydroxylation is 1. The zero-order valence-corrected chi connectivity index (χ0v) is 14.0. The van der Waals surface area contributed by atoms with Crippen molar-refractivity contribution < 1.29 is 13.6 Å². The van der Waals surface area contributed by atoms with Crippen molar-refractivity contribution in [2.24, 2.45) is 7.05 Å². The van der Waals surface area contributed by atoms with E-state index in [2.05, 4.69) is 4.98 Å². The molecule has 0 N–H and O–H groups in total. The Morgan fingerprint density at radius 3 is 2.68 bits per heavy atom. The maximum Gasteiger partial charge on any atom is 0.330 e. The van der Waals surface area contributed by atoms with Crippen molar-refractivity contribution >= 4 is 17.1 Å². The molecule has 3 aromatic rings. The summed E-state index contributed by atoms with van der Waals surface area (Å²) in [5.41, 5.74) is 0.688. The minimum Gasteiger partial charge on any atom is -0.347 e. The predicted octanol–water partition coefficient (Wildman–Crippen LogP) is 1.77. The lowest BCUT2D eigenvalue weighted by atomic mass is 10.1. The smallest absolute Gasteiger partial charge is 0.330 e. The van der Waals surface area contributed by atoms with Gasteiger partial charge in [0.1, 0.15) is 6.54 Å². The number of fused-ring (bicyclic) bond motifs is 1. The van der Waals surface area contributed by atoms with Crippen LogP contribution in [-0.4, -0.2) is 39.0 Å². The van der Waals surface area contributed by atoms with Gasteiger partial charge in [0.15, 0.2) is 17.3 Å². The number of carbonyl (C=O) groups is 1. The number of rotatable bonds is 3. The summed E-state index contributed by atoms with van der Waals surface area (Å²) in [7, 11) is 4.71. The SMILES string of the molecule is CN(C)C(=O)Cn1c(=O)n(C)c2ncc(-c3cccc(F)c3F)cc21. The molecule has 0 unspecified atom stereocenters. The monoisotopic (exact) mass is 346 g/mol. The van der Waals surface area contributed by atoms with Gasteiger partial charge in [-0.25, -0.2) is 18.6 Å². The van der Waals surface area contributed by atoms with E-state index in [0.717, 1.165) is 6.07 Å². The van der Waals surface area contributed by atoms with Crippen LogP contribution in [-0.2, 0) is 18.4 Å². The van der Waals surface area contributed by atoms with Crippen LogP contribution in [0, 0.1) is 11.6 Å². The number of carbonyl (C=O) groups excluding carboxylic acids is 1. The third kappa shape index (κ3) is 2.79. The highest BCUT2D eigenvalue weighted by atomic mass is 19.2. The molecule has 0 spiro atoms. The summed E-state index contributed by atoms with van der Waals surface area (Å²) in [6, 6.07) is 5.38. The minimum absolute atomic E-state index is 0.0381. The highest BCUT2D eigenvalue weighted by Gasteiger charge is 2.18. The molecule has 130 valence electrons. The van der Waals surface area contributed by atoms with Crippen LogP contribution in [0.1, 0.15) is 0 Å². The largest absolute Gasteiger partial charge is 0.347 e. The molecule has 2 heterocycles. The Hall–Kier alpha value is -3.03. The lowest BCUT2D eigenvalue weighted by Crippen LogP contribution is -2.31. The summed E-state index contributed by atoms with van der Waals surface area (Å²) in [6.45, 7) is -0.167. The minimum atomic E-state index is -0.988. The van der Waals surface area contributed by atoms with Gasteiger partial charge >= 0.3 is 5.69 Å².